The van der Waals surface area contributed by atoms with Gasteiger partial charge in [-0.05, 0) is 114 Å². The fraction of sp³-hybridized carbons (Fsp3) is 0.0154. The molecular weight excluding hydrogens is 811 g/mol. The SMILES string of the molecule is c1ccc(-c2ccc(N(c3ccc(-c4ccc(-c5cccc6ccccc56)cc4)cc3)c3ccc4c(c3)C(c3ccccc3)(c3ccccc3)c3ccccc3-4)c3c2oc2ccccc23)cc1. The molecule has 0 atom stereocenters. The number of nitrogens with zero attached hydrogens (tertiary/aromatic N) is 1. The van der Waals surface area contributed by atoms with E-state index in [1.54, 1.807) is 0 Å². The van der Waals surface area contributed by atoms with Gasteiger partial charge in [0, 0.05) is 22.3 Å². The molecule has 0 bridgehead atoms. The Morgan fingerprint density at radius 2 is 0.851 bits per heavy atom. The summed E-state index contributed by atoms with van der Waals surface area (Å²) in [6, 6.07) is 94.9. The Morgan fingerprint density at radius 3 is 1.60 bits per heavy atom. The highest BCUT2D eigenvalue weighted by atomic mass is 16.3. The average Bonchev–Trinajstić information content (AvgIpc) is 3.94. The van der Waals surface area contributed by atoms with E-state index in [9.17, 15) is 0 Å². The molecule has 12 aromatic rings. The monoisotopic (exact) mass is 853 g/mol. The lowest BCUT2D eigenvalue weighted by atomic mass is 9.67. The number of fused-ring (bicyclic) bond motifs is 7. The van der Waals surface area contributed by atoms with Crippen molar-refractivity contribution >= 4 is 49.8 Å². The summed E-state index contributed by atoms with van der Waals surface area (Å²) in [6.07, 6.45) is 0. The maximum absolute atomic E-state index is 6.88. The van der Waals surface area contributed by atoms with Crippen LogP contribution in [0.3, 0.4) is 0 Å². The average molecular weight is 854 g/mol. The number of hydrogen-bond donors (Lipinski definition) is 0. The first kappa shape index (κ1) is 38.7. The van der Waals surface area contributed by atoms with Gasteiger partial charge >= 0.3 is 0 Å². The Hall–Kier alpha value is -8.72. The van der Waals surface area contributed by atoms with Crippen LogP contribution >= 0.6 is 0 Å². The predicted octanol–water partition coefficient (Wildman–Crippen LogP) is 17.6. The number of benzene rings is 11. The molecule has 0 amide bonds. The van der Waals surface area contributed by atoms with Crippen LogP contribution in [0.2, 0.25) is 0 Å². The van der Waals surface area contributed by atoms with E-state index in [0.717, 1.165) is 55.7 Å². The minimum atomic E-state index is -0.549. The first-order valence-electron chi connectivity index (χ1n) is 23.1. The van der Waals surface area contributed by atoms with E-state index < -0.39 is 5.41 Å². The topological polar surface area (TPSA) is 16.4 Å². The maximum atomic E-state index is 6.88. The van der Waals surface area contributed by atoms with E-state index in [2.05, 4.69) is 266 Å². The third kappa shape index (κ3) is 6.18. The first-order chi connectivity index (χ1) is 33.2. The summed E-state index contributed by atoms with van der Waals surface area (Å²) in [6.45, 7) is 0. The second kappa shape index (κ2) is 15.8. The Kier molecular flexibility index (Phi) is 9.11. The molecule has 2 heteroatoms. The van der Waals surface area contributed by atoms with Gasteiger partial charge in [0.25, 0.3) is 0 Å². The molecule has 1 aromatic heterocycles. The Bertz CT molecular complexity index is 3730. The molecule has 0 saturated carbocycles. The molecule has 0 spiro atoms. The van der Waals surface area contributed by atoms with Gasteiger partial charge in [0.2, 0.25) is 0 Å². The zero-order valence-electron chi connectivity index (χ0n) is 36.7. The second-order valence-corrected chi connectivity index (χ2v) is 17.5. The minimum absolute atomic E-state index is 0.549. The summed E-state index contributed by atoms with van der Waals surface area (Å²) in [5, 5.41) is 4.66. The van der Waals surface area contributed by atoms with Gasteiger partial charge in [-0.25, -0.2) is 0 Å². The van der Waals surface area contributed by atoms with E-state index in [4.69, 9.17) is 4.42 Å². The first-order valence-corrected chi connectivity index (χ1v) is 23.1. The van der Waals surface area contributed by atoms with Crippen molar-refractivity contribution in [3.63, 3.8) is 0 Å². The van der Waals surface area contributed by atoms with E-state index in [1.807, 2.05) is 0 Å². The lowest BCUT2D eigenvalue weighted by Gasteiger charge is -2.35. The zero-order chi connectivity index (χ0) is 44.3. The normalized spacial score (nSPS) is 12.6. The Labute approximate surface area is 390 Å². The van der Waals surface area contributed by atoms with Gasteiger partial charge in [0.15, 0.2) is 0 Å². The van der Waals surface area contributed by atoms with Crippen molar-refractivity contribution in [2.75, 3.05) is 4.90 Å². The van der Waals surface area contributed by atoms with Crippen molar-refractivity contribution in [3.8, 4) is 44.5 Å². The number of anilines is 3. The standard InChI is InChI=1S/C65H43NO/c1-4-17-47(18-5-1)55-41-42-61(63-58-27-13-15-30-62(58)67-64(55)63)66(51-37-35-45(36-38-51)44-31-33-48(34-32-44)54-28-16-20-46-19-10-11-25-53(46)54)52-39-40-57-56-26-12-14-29-59(56)65(60(57)43-52,49-21-6-2-7-22-49)50-23-8-3-9-24-50/h1-43H. The van der Waals surface area contributed by atoms with Crippen molar-refractivity contribution in [1.29, 1.82) is 0 Å². The molecule has 11 aromatic carbocycles. The Balaban J connectivity index is 1.02. The van der Waals surface area contributed by atoms with Crippen molar-refractivity contribution in [2.45, 2.75) is 5.41 Å². The van der Waals surface area contributed by atoms with Gasteiger partial charge in [-0.1, -0.05) is 218 Å². The van der Waals surface area contributed by atoms with E-state index in [-0.39, 0.29) is 0 Å². The van der Waals surface area contributed by atoms with Gasteiger partial charge in [-0.2, -0.15) is 0 Å². The molecule has 1 heterocycles. The summed E-state index contributed by atoms with van der Waals surface area (Å²) in [5.41, 5.74) is 18.8. The highest BCUT2D eigenvalue weighted by Gasteiger charge is 2.46. The van der Waals surface area contributed by atoms with Crippen molar-refractivity contribution < 1.29 is 4.42 Å². The highest BCUT2D eigenvalue weighted by molar-refractivity contribution is 6.17. The van der Waals surface area contributed by atoms with Crippen LogP contribution in [0, 0.1) is 0 Å². The molecule has 2 nitrogen and oxygen atoms in total. The lowest BCUT2D eigenvalue weighted by Crippen LogP contribution is -2.28. The summed E-state index contributed by atoms with van der Waals surface area (Å²) in [4.78, 5) is 2.44. The number of rotatable bonds is 8. The van der Waals surface area contributed by atoms with Gasteiger partial charge in [-0.3, -0.25) is 0 Å². The molecular formula is C65H43NO. The fourth-order valence-corrected chi connectivity index (χ4v) is 11.0. The van der Waals surface area contributed by atoms with Gasteiger partial charge in [0.1, 0.15) is 11.2 Å². The number of furan rings is 1. The molecule has 0 aliphatic heterocycles. The minimum Gasteiger partial charge on any atom is -0.455 e. The van der Waals surface area contributed by atoms with E-state index >= 15 is 0 Å². The molecule has 67 heavy (non-hydrogen) atoms. The van der Waals surface area contributed by atoms with Crippen LogP contribution in [0.25, 0.3) is 77.2 Å². The zero-order valence-corrected chi connectivity index (χ0v) is 36.7. The van der Waals surface area contributed by atoms with Crippen LogP contribution in [-0.2, 0) is 5.41 Å². The quantitative estimate of drug-likeness (QED) is 0.151. The van der Waals surface area contributed by atoms with Crippen LogP contribution in [0.4, 0.5) is 17.1 Å². The van der Waals surface area contributed by atoms with E-state index in [0.29, 0.717) is 0 Å². The summed E-state index contributed by atoms with van der Waals surface area (Å²) < 4.78 is 6.88. The third-order valence-corrected chi connectivity index (χ3v) is 14.0. The fourth-order valence-electron chi connectivity index (χ4n) is 11.0. The van der Waals surface area contributed by atoms with Crippen molar-refractivity contribution in [1.82, 2.24) is 0 Å². The van der Waals surface area contributed by atoms with Crippen molar-refractivity contribution in [3.05, 3.63) is 283 Å². The van der Waals surface area contributed by atoms with Crippen LogP contribution in [0.1, 0.15) is 22.3 Å². The van der Waals surface area contributed by atoms with Crippen LogP contribution in [-0.4, -0.2) is 0 Å². The number of para-hydroxylation sites is 1. The molecule has 1 aliphatic carbocycles. The van der Waals surface area contributed by atoms with E-state index in [1.165, 1.54) is 60.8 Å². The highest BCUT2D eigenvalue weighted by Crippen LogP contribution is 2.58. The largest absolute Gasteiger partial charge is 0.455 e. The molecule has 0 saturated heterocycles. The third-order valence-electron chi connectivity index (χ3n) is 14.0. The second-order valence-electron chi connectivity index (χ2n) is 17.5. The van der Waals surface area contributed by atoms with Gasteiger partial charge < -0.3 is 9.32 Å². The smallest absolute Gasteiger partial charge is 0.145 e. The molecule has 314 valence electrons. The lowest BCUT2D eigenvalue weighted by molar-refractivity contribution is 0.670. The number of hydrogen-bond acceptors (Lipinski definition) is 2. The molecule has 0 fully saturated rings. The summed E-state index contributed by atoms with van der Waals surface area (Å²) in [5.74, 6) is 0. The molecule has 13 rings (SSSR count). The predicted molar refractivity (Wildman–Crippen MR) is 280 cm³/mol. The molecule has 1 aliphatic rings. The van der Waals surface area contributed by atoms with Gasteiger partial charge in [0.05, 0.1) is 16.5 Å². The molecule has 0 radical (unpaired) electrons. The van der Waals surface area contributed by atoms with Crippen molar-refractivity contribution in [2.24, 2.45) is 0 Å². The van der Waals surface area contributed by atoms with Crippen LogP contribution in [0.15, 0.2) is 265 Å². The Morgan fingerprint density at radius 1 is 0.328 bits per heavy atom. The van der Waals surface area contributed by atoms with Gasteiger partial charge in [-0.15, -0.1) is 0 Å². The van der Waals surface area contributed by atoms with Crippen LogP contribution in [0.5, 0.6) is 0 Å². The maximum Gasteiger partial charge on any atom is 0.145 e. The summed E-state index contributed by atoms with van der Waals surface area (Å²) >= 11 is 0. The molecule has 0 unspecified atom stereocenters. The van der Waals surface area contributed by atoms with Crippen LogP contribution < -0.4 is 4.90 Å². The molecule has 0 N–H and O–H groups in total. The summed E-state index contributed by atoms with van der Waals surface area (Å²) in [7, 11) is 0.